The molecule has 6 heteroatoms. The van der Waals surface area contributed by atoms with Crippen LogP contribution in [-0.4, -0.2) is 37.4 Å². The molecule has 0 saturated carbocycles. The highest BCUT2D eigenvalue weighted by atomic mass is 16.3. The normalized spacial score (nSPS) is 12.2. The maximum atomic E-state index is 12.4. The Morgan fingerprint density at radius 2 is 1.81 bits per heavy atom. The predicted molar refractivity (Wildman–Crippen MR) is 97.4 cm³/mol. The molecule has 1 atom stereocenters. The number of rotatable bonds is 6. The van der Waals surface area contributed by atoms with E-state index in [1.54, 1.807) is 6.92 Å². The molecule has 0 bridgehead atoms. The zero-order valence-corrected chi connectivity index (χ0v) is 14.2. The minimum Gasteiger partial charge on any atom is -0.508 e. The molecular formula is C20H20O6. The Bertz CT molecular complexity index is 882. The third-order valence-electron chi connectivity index (χ3n) is 3.92. The zero-order valence-electron chi connectivity index (χ0n) is 14.2. The lowest BCUT2D eigenvalue weighted by atomic mass is 9.97. The number of aromatic hydroxyl groups is 4. The Morgan fingerprint density at radius 3 is 2.42 bits per heavy atom. The van der Waals surface area contributed by atoms with Crippen LogP contribution in [-0.2, 0) is 6.42 Å². The molecule has 6 nitrogen and oxygen atoms in total. The van der Waals surface area contributed by atoms with Gasteiger partial charge in [-0.15, -0.1) is 0 Å². The summed E-state index contributed by atoms with van der Waals surface area (Å²) >= 11 is 0. The van der Waals surface area contributed by atoms with Gasteiger partial charge in [0.25, 0.3) is 0 Å². The maximum absolute atomic E-state index is 12.4. The molecular weight excluding hydrogens is 336 g/mol. The van der Waals surface area contributed by atoms with E-state index in [1.165, 1.54) is 30.3 Å². The third-order valence-corrected chi connectivity index (χ3v) is 3.92. The highest BCUT2D eigenvalue weighted by Crippen LogP contribution is 2.33. The Balaban J connectivity index is 2.31. The summed E-state index contributed by atoms with van der Waals surface area (Å²) in [6, 6.07) is 6.46. The van der Waals surface area contributed by atoms with Crippen molar-refractivity contribution in [3.05, 3.63) is 65.3 Å². The summed E-state index contributed by atoms with van der Waals surface area (Å²) in [5, 5.41) is 49.1. The first-order valence-corrected chi connectivity index (χ1v) is 7.82. The van der Waals surface area contributed by atoms with Crippen LogP contribution in [0.25, 0.3) is 6.08 Å². The van der Waals surface area contributed by atoms with E-state index in [2.05, 4.69) is 6.58 Å². The minimum atomic E-state index is -0.971. The van der Waals surface area contributed by atoms with Crippen LogP contribution in [0.3, 0.4) is 0 Å². The van der Waals surface area contributed by atoms with Crippen LogP contribution in [0.5, 0.6) is 23.0 Å². The van der Waals surface area contributed by atoms with Crippen molar-refractivity contribution in [1.29, 1.82) is 0 Å². The monoisotopic (exact) mass is 356 g/mol. The summed E-state index contributed by atoms with van der Waals surface area (Å²) < 4.78 is 0. The number of benzene rings is 2. The molecule has 136 valence electrons. The Labute approximate surface area is 150 Å². The van der Waals surface area contributed by atoms with Crippen molar-refractivity contribution < 1.29 is 30.3 Å². The highest BCUT2D eigenvalue weighted by Gasteiger charge is 2.19. The topological polar surface area (TPSA) is 118 Å². The summed E-state index contributed by atoms with van der Waals surface area (Å²) in [6.45, 7) is 5.22. The summed E-state index contributed by atoms with van der Waals surface area (Å²) in [6.07, 6.45) is 1.43. The van der Waals surface area contributed by atoms with Gasteiger partial charge < -0.3 is 25.5 Å². The van der Waals surface area contributed by atoms with Crippen LogP contribution < -0.4 is 0 Å². The number of aliphatic hydroxyl groups excluding tert-OH is 1. The van der Waals surface area contributed by atoms with Crippen molar-refractivity contribution in [2.45, 2.75) is 19.4 Å². The molecule has 26 heavy (non-hydrogen) atoms. The number of hydrogen-bond acceptors (Lipinski definition) is 6. The number of phenolic OH excluding ortho intramolecular Hbond substituents is 4. The number of allylic oxidation sites excluding steroid dienone is 1. The van der Waals surface area contributed by atoms with E-state index in [4.69, 9.17) is 0 Å². The molecule has 2 aromatic carbocycles. The molecule has 5 N–H and O–H groups in total. The second kappa shape index (κ2) is 7.76. The molecule has 0 spiro atoms. The largest absolute Gasteiger partial charge is 0.508 e. The summed E-state index contributed by atoms with van der Waals surface area (Å²) in [5.74, 6) is -1.52. The first-order chi connectivity index (χ1) is 12.2. The lowest BCUT2D eigenvalue weighted by molar-refractivity contribution is 0.104. The molecule has 0 aliphatic carbocycles. The van der Waals surface area contributed by atoms with Gasteiger partial charge in [0.2, 0.25) is 0 Å². The van der Waals surface area contributed by atoms with Gasteiger partial charge in [-0.3, -0.25) is 4.79 Å². The molecule has 0 amide bonds. The van der Waals surface area contributed by atoms with E-state index in [0.717, 1.165) is 12.1 Å². The Kier molecular flexibility index (Phi) is 5.69. The molecule has 2 rings (SSSR count). The molecule has 0 fully saturated rings. The predicted octanol–water partition coefficient (Wildman–Crippen LogP) is 2.88. The van der Waals surface area contributed by atoms with Crippen LogP contribution >= 0.6 is 0 Å². The zero-order chi connectivity index (χ0) is 19.4. The van der Waals surface area contributed by atoms with Gasteiger partial charge in [-0.25, -0.2) is 0 Å². The van der Waals surface area contributed by atoms with E-state index in [0.29, 0.717) is 11.1 Å². The van der Waals surface area contributed by atoms with Crippen molar-refractivity contribution in [2.75, 3.05) is 0 Å². The van der Waals surface area contributed by atoms with Crippen molar-refractivity contribution in [2.24, 2.45) is 0 Å². The fourth-order valence-electron chi connectivity index (χ4n) is 2.32. The second-order valence-electron chi connectivity index (χ2n) is 5.97. The smallest absolute Gasteiger partial charge is 0.189 e. The number of aliphatic hydroxyl groups is 1. The average Bonchev–Trinajstić information content (AvgIpc) is 2.57. The van der Waals surface area contributed by atoms with Crippen LogP contribution in [0, 0.1) is 0 Å². The number of hydrogen-bond donors (Lipinski definition) is 5. The van der Waals surface area contributed by atoms with Gasteiger partial charge in [0, 0.05) is 23.6 Å². The molecule has 0 aromatic heterocycles. The van der Waals surface area contributed by atoms with Gasteiger partial charge >= 0.3 is 0 Å². The third kappa shape index (κ3) is 4.23. The van der Waals surface area contributed by atoms with Gasteiger partial charge in [-0.05, 0) is 43.3 Å². The van der Waals surface area contributed by atoms with Crippen molar-refractivity contribution >= 4 is 11.9 Å². The van der Waals surface area contributed by atoms with Gasteiger partial charge in [0.15, 0.2) is 5.78 Å². The molecule has 2 aromatic rings. The van der Waals surface area contributed by atoms with Crippen LogP contribution in [0.2, 0.25) is 0 Å². The van der Waals surface area contributed by atoms with Crippen molar-refractivity contribution in [3.63, 3.8) is 0 Å². The van der Waals surface area contributed by atoms with Crippen molar-refractivity contribution in [1.82, 2.24) is 0 Å². The van der Waals surface area contributed by atoms with Gasteiger partial charge in [-0.2, -0.15) is 0 Å². The van der Waals surface area contributed by atoms with E-state index >= 15 is 0 Å². The molecule has 0 aliphatic heterocycles. The van der Waals surface area contributed by atoms with E-state index in [1.807, 2.05) is 0 Å². The lowest BCUT2D eigenvalue weighted by Crippen LogP contribution is -2.12. The van der Waals surface area contributed by atoms with Crippen LogP contribution in [0.4, 0.5) is 0 Å². The van der Waals surface area contributed by atoms with Crippen molar-refractivity contribution in [3.8, 4) is 23.0 Å². The van der Waals surface area contributed by atoms with Crippen LogP contribution in [0.15, 0.2) is 48.6 Å². The Hall–Kier alpha value is -3.25. The number of phenols is 4. The van der Waals surface area contributed by atoms with Gasteiger partial charge in [0.1, 0.15) is 23.0 Å². The molecule has 0 aliphatic rings. The molecule has 0 heterocycles. The first kappa shape index (κ1) is 19.1. The highest BCUT2D eigenvalue weighted by molar-refractivity contribution is 6.09. The Morgan fingerprint density at radius 1 is 1.12 bits per heavy atom. The van der Waals surface area contributed by atoms with Gasteiger partial charge in [-0.1, -0.05) is 12.2 Å². The lowest BCUT2D eigenvalue weighted by Gasteiger charge is -2.14. The fourth-order valence-corrected chi connectivity index (χ4v) is 2.32. The summed E-state index contributed by atoms with van der Waals surface area (Å²) in [4.78, 5) is 12.4. The summed E-state index contributed by atoms with van der Waals surface area (Å²) in [7, 11) is 0. The quantitative estimate of drug-likeness (QED) is 0.309. The number of ketones is 1. The average molecular weight is 356 g/mol. The molecule has 0 radical (unpaired) electrons. The van der Waals surface area contributed by atoms with Gasteiger partial charge in [0.05, 0.1) is 11.7 Å². The van der Waals surface area contributed by atoms with E-state index in [9.17, 15) is 30.3 Å². The maximum Gasteiger partial charge on any atom is 0.189 e. The SMILES string of the molecule is C=C(C)C(O)Cc1c(O)ccc(C(=O)/C=C/c2ccc(O)cc2O)c1O. The number of carbonyl (C=O) groups excluding carboxylic acids is 1. The standard InChI is InChI=1S/C20H20O6/c1-11(2)18(24)10-15-17(23)8-6-14(20(15)26)16(22)7-4-12-3-5-13(21)9-19(12)25/h3-9,18,21,23-26H,1,10H2,2H3/b7-4+. The second-order valence-corrected chi connectivity index (χ2v) is 5.97. The summed E-state index contributed by atoms with van der Waals surface area (Å²) in [5.41, 5.74) is 0.768. The van der Waals surface area contributed by atoms with E-state index < -0.39 is 17.6 Å². The molecule has 0 saturated heterocycles. The fraction of sp³-hybridized carbons (Fsp3) is 0.150. The first-order valence-electron chi connectivity index (χ1n) is 7.82. The minimum absolute atomic E-state index is 0.0484. The molecule has 1 unspecified atom stereocenters. The van der Waals surface area contributed by atoms with E-state index in [-0.39, 0.29) is 34.8 Å². The number of carbonyl (C=O) groups is 1. The van der Waals surface area contributed by atoms with Crippen LogP contribution in [0.1, 0.15) is 28.4 Å².